The lowest BCUT2D eigenvalue weighted by Crippen LogP contribution is -1.92. The van der Waals surface area contributed by atoms with Gasteiger partial charge in [-0.3, -0.25) is 0 Å². The average molecular weight is 167 g/mol. The highest BCUT2D eigenvalue weighted by Crippen LogP contribution is 2.25. The highest BCUT2D eigenvalue weighted by atomic mass is 35.5. The second-order valence-electron chi connectivity index (χ2n) is 2.27. The third-order valence-corrected chi connectivity index (χ3v) is 1.99. The number of nitrogens with zero attached hydrogens (tertiary/aromatic N) is 1. The van der Waals surface area contributed by atoms with Gasteiger partial charge in [-0.2, -0.15) is 5.26 Å². The molecule has 2 nitrogen and oxygen atoms in total. The molecule has 0 fully saturated rings. The smallest absolute Gasteiger partial charge is 0.101 e. The van der Waals surface area contributed by atoms with E-state index >= 15 is 0 Å². The summed E-state index contributed by atoms with van der Waals surface area (Å²) in [4.78, 5) is 0. The number of anilines is 1. The van der Waals surface area contributed by atoms with E-state index in [-0.39, 0.29) is 0 Å². The van der Waals surface area contributed by atoms with E-state index in [0.29, 0.717) is 16.3 Å². The summed E-state index contributed by atoms with van der Waals surface area (Å²) < 4.78 is 0. The largest absolute Gasteiger partial charge is 0.396 e. The lowest BCUT2D eigenvalue weighted by Gasteiger charge is -2.02. The van der Waals surface area contributed by atoms with Crippen molar-refractivity contribution in [1.29, 1.82) is 5.26 Å². The van der Waals surface area contributed by atoms with Crippen molar-refractivity contribution in [3.63, 3.8) is 0 Å². The molecule has 1 aromatic rings. The standard InChI is InChI=1S/C8H7ClN2/c1-5-2-3-6(4-10)8(11)7(5)9/h2-3H,11H2,1H3. The first kappa shape index (κ1) is 7.90. The molecule has 0 aromatic heterocycles. The van der Waals surface area contributed by atoms with Gasteiger partial charge in [0.2, 0.25) is 0 Å². The fourth-order valence-corrected chi connectivity index (χ4v) is 0.964. The van der Waals surface area contributed by atoms with Crippen LogP contribution in [0.2, 0.25) is 5.02 Å². The average Bonchev–Trinajstić information content (AvgIpc) is 2.01. The minimum Gasteiger partial charge on any atom is -0.396 e. The molecule has 0 saturated carbocycles. The summed E-state index contributed by atoms with van der Waals surface area (Å²) in [5.74, 6) is 0. The van der Waals surface area contributed by atoms with E-state index < -0.39 is 0 Å². The van der Waals surface area contributed by atoms with Crippen LogP contribution in [0.15, 0.2) is 12.1 Å². The molecule has 0 atom stereocenters. The summed E-state index contributed by atoms with van der Waals surface area (Å²) in [6.45, 7) is 1.85. The lowest BCUT2D eigenvalue weighted by molar-refractivity contribution is 1.43. The normalized spacial score (nSPS) is 9.18. The summed E-state index contributed by atoms with van der Waals surface area (Å²) in [5.41, 5.74) is 7.23. The summed E-state index contributed by atoms with van der Waals surface area (Å²) in [6, 6.07) is 5.39. The third-order valence-electron chi connectivity index (χ3n) is 1.49. The Kier molecular flexibility index (Phi) is 2.02. The number of nitriles is 1. The van der Waals surface area contributed by atoms with Crippen molar-refractivity contribution in [3.05, 3.63) is 28.3 Å². The van der Waals surface area contributed by atoms with Gasteiger partial charge in [-0.05, 0) is 18.6 Å². The quantitative estimate of drug-likeness (QED) is 0.600. The summed E-state index contributed by atoms with van der Waals surface area (Å²) >= 11 is 5.79. The highest BCUT2D eigenvalue weighted by molar-refractivity contribution is 6.34. The number of hydrogen-bond acceptors (Lipinski definition) is 2. The molecule has 1 rings (SSSR count). The maximum atomic E-state index is 8.55. The van der Waals surface area contributed by atoms with Crippen molar-refractivity contribution < 1.29 is 0 Å². The molecule has 2 N–H and O–H groups in total. The summed E-state index contributed by atoms with van der Waals surface area (Å²) in [5, 5.41) is 9.02. The predicted molar refractivity (Wildman–Crippen MR) is 45.3 cm³/mol. The van der Waals surface area contributed by atoms with E-state index in [9.17, 15) is 0 Å². The molecule has 0 unspecified atom stereocenters. The Morgan fingerprint density at radius 2 is 2.18 bits per heavy atom. The van der Waals surface area contributed by atoms with Crippen LogP contribution in [-0.4, -0.2) is 0 Å². The molecule has 0 heterocycles. The zero-order valence-corrected chi connectivity index (χ0v) is 6.81. The number of benzene rings is 1. The van der Waals surface area contributed by atoms with Gasteiger partial charge in [0, 0.05) is 0 Å². The van der Waals surface area contributed by atoms with Gasteiger partial charge in [-0.25, -0.2) is 0 Å². The Bertz CT molecular complexity index is 326. The molecular weight excluding hydrogens is 160 g/mol. The van der Waals surface area contributed by atoms with Crippen LogP contribution in [0.3, 0.4) is 0 Å². The molecule has 0 radical (unpaired) electrons. The monoisotopic (exact) mass is 166 g/mol. The molecule has 0 aliphatic rings. The third kappa shape index (κ3) is 1.28. The van der Waals surface area contributed by atoms with Crippen molar-refractivity contribution in [2.75, 3.05) is 5.73 Å². The van der Waals surface area contributed by atoms with Crippen LogP contribution in [0, 0.1) is 18.3 Å². The summed E-state index contributed by atoms with van der Waals surface area (Å²) in [7, 11) is 0. The van der Waals surface area contributed by atoms with Crippen LogP contribution in [-0.2, 0) is 0 Å². The maximum Gasteiger partial charge on any atom is 0.101 e. The van der Waals surface area contributed by atoms with E-state index in [1.165, 1.54) is 0 Å². The van der Waals surface area contributed by atoms with E-state index in [4.69, 9.17) is 22.6 Å². The van der Waals surface area contributed by atoms with Crippen molar-refractivity contribution in [2.24, 2.45) is 0 Å². The Hall–Kier alpha value is -1.20. The van der Waals surface area contributed by atoms with Gasteiger partial charge >= 0.3 is 0 Å². The van der Waals surface area contributed by atoms with Gasteiger partial charge < -0.3 is 5.73 Å². The first-order valence-electron chi connectivity index (χ1n) is 3.11. The molecule has 56 valence electrons. The number of nitrogen functional groups attached to an aromatic ring is 1. The van der Waals surface area contributed by atoms with E-state index in [1.54, 1.807) is 12.1 Å². The number of halogens is 1. The van der Waals surface area contributed by atoms with Crippen molar-refractivity contribution in [3.8, 4) is 6.07 Å². The minimum absolute atomic E-state index is 0.370. The first-order chi connectivity index (χ1) is 5.16. The van der Waals surface area contributed by atoms with Crippen LogP contribution >= 0.6 is 11.6 Å². The van der Waals surface area contributed by atoms with Gasteiger partial charge in [-0.1, -0.05) is 17.7 Å². The Balaban J connectivity index is 3.40. The molecule has 1 aromatic carbocycles. The van der Waals surface area contributed by atoms with E-state index in [0.717, 1.165) is 5.56 Å². The van der Waals surface area contributed by atoms with Crippen LogP contribution < -0.4 is 5.73 Å². The molecule has 3 heteroatoms. The van der Waals surface area contributed by atoms with Gasteiger partial charge in [0.25, 0.3) is 0 Å². The Labute approximate surface area is 70.2 Å². The highest BCUT2D eigenvalue weighted by Gasteiger charge is 2.04. The molecule has 0 bridgehead atoms. The van der Waals surface area contributed by atoms with Gasteiger partial charge in [0.15, 0.2) is 0 Å². The lowest BCUT2D eigenvalue weighted by atomic mass is 10.1. The molecule has 0 amide bonds. The fraction of sp³-hybridized carbons (Fsp3) is 0.125. The molecular formula is C8H7ClN2. The van der Waals surface area contributed by atoms with Crippen LogP contribution in [0.4, 0.5) is 5.69 Å². The van der Waals surface area contributed by atoms with E-state index in [1.807, 2.05) is 13.0 Å². The predicted octanol–water partition coefficient (Wildman–Crippen LogP) is 2.10. The van der Waals surface area contributed by atoms with Gasteiger partial charge in [0.1, 0.15) is 6.07 Å². The topological polar surface area (TPSA) is 49.8 Å². The zero-order valence-electron chi connectivity index (χ0n) is 6.06. The second-order valence-corrected chi connectivity index (χ2v) is 2.65. The van der Waals surface area contributed by atoms with Gasteiger partial charge in [-0.15, -0.1) is 0 Å². The Morgan fingerprint density at radius 3 is 2.73 bits per heavy atom. The minimum atomic E-state index is 0.370. The molecule has 0 saturated heterocycles. The molecule has 0 spiro atoms. The van der Waals surface area contributed by atoms with Crippen molar-refractivity contribution >= 4 is 17.3 Å². The Morgan fingerprint density at radius 1 is 1.55 bits per heavy atom. The first-order valence-corrected chi connectivity index (χ1v) is 3.49. The van der Waals surface area contributed by atoms with E-state index in [2.05, 4.69) is 0 Å². The van der Waals surface area contributed by atoms with Crippen molar-refractivity contribution in [2.45, 2.75) is 6.92 Å². The summed E-state index contributed by atoms with van der Waals surface area (Å²) in [6.07, 6.45) is 0. The molecule has 11 heavy (non-hydrogen) atoms. The van der Waals surface area contributed by atoms with Crippen LogP contribution in [0.1, 0.15) is 11.1 Å². The number of rotatable bonds is 0. The molecule has 0 aliphatic carbocycles. The van der Waals surface area contributed by atoms with Gasteiger partial charge in [0.05, 0.1) is 16.3 Å². The van der Waals surface area contributed by atoms with Crippen LogP contribution in [0.25, 0.3) is 0 Å². The molecule has 0 aliphatic heterocycles. The SMILES string of the molecule is Cc1ccc(C#N)c(N)c1Cl. The fourth-order valence-electron chi connectivity index (χ4n) is 0.799. The number of hydrogen-bond donors (Lipinski definition) is 1. The number of aryl methyl sites for hydroxylation is 1. The number of nitrogens with two attached hydrogens (primary N) is 1. The van der Waals surface area contributed by atoms with Crippen molar-refractivity contribution in [1.82, 2.24) is 0 Å². The zero-order chi connectivity index (χ0) is 8.43. The second kappa shape index (κ2) is 2.81. The van der Waals surface area contributed by atoms with Crippen LogP contribution in [0.5, 0.6) is 0 Å². The maximum absolute atomic E-state index is 8.55.